The van der Waals surface area contributed by atoms with E-state index in [1.807, 2.05) is 34.1 Å². The second kappa shape index (κ2) is 9.87. The molecular weight excluding hydrogens is 368 g/mol. The molecule has 0 spiro atoms. The number of hydrogen-bond acceptors (Lipinski definition) is 4. The maximum Gasteiger partial charge on any atom is 0.253 e. The second-order valence-electron chi connectivity index (χ2n) is 8.21. The molecule has 7 nitrogen and oxygen atoms in total. The minimum atomic E-state index is -0.137. The molecule has 3 amide bonds. The molecule has 0 radical (unpaired) electrons. The Bertz CT molecular complexity index is 718. The molecule has 7 heteroatoms. The van der Waals surface area contributed by atoms with E-state index in [0.29, 0.717) is 37.7 Å². The summed E-state index contributed by atoms with van der Waals surface area (Å²) in [7, 11) is 0. The zero-order valence-electron chi connectivity index (χ0n) is 17.5. The molecule has 2 aliphatic heterocycles. The van der Waals surface area contributed by atoms with Gasteiger partial charge in [0.15, 0.2) is 0 Å². The average molecular weight is 401 g/mol. The Labute approximate surface area is 173 Å². The van der Waals surface area contributed by atoms with Gasteiger partial charge in [-0.05, 0) is 36.5 Å². The number of piperazine rings is 1. The first kappa shape index (κ1) is 21.3. The van der Waals surface area contributed by atoms with E-state index < -0.39 is 0 Å². The number of carbonyl (C=O) groups excluding carboxylic acids is 3. The molecular formula is C22H32N4O3. The normalized spacial score (nSPS) is 17.6. The van der Waals surface area contributed by atoms with Crippen LogP contribution in [0.25, 0.3) is 0 Å². The highest BCUT2D eigenvalue weighted by Gasteiger charge is 2.24. The summed E-state index contributed by atoms with van der Waals surface area (Å²) in [6.07, 6.45) is 2.09. The number of nitrogens with zero attached hydrogens (tertiary/aromatic N) is 3. The number of hydrogen-bond donors (Lipinski definition) is 1. The summed E-state index contributed by atoms with van der Waals surface area (Å²) in [5.41, 5.74) is 1.93. The third-order valence-corrected chi connectivity index (χ3v) is 5.75. The predicted octanol–water partition coefficient (Wildman–Crippen LogP) is 1.31. The van der Waals surface area contributed by atoms with Gasteiger partial charge in [-0.3, -0.25) is 19.3 Å². The van der Waals surface area contributed by atoms with Gasteiger partial charge in [-0.15, -0.1) is 0 Å². The SMILES string of the molecule is CC(C)c1ccc(C(=O)N2CCN(CC(=O)NCC(=O)N3CCCC3)CC2)cc1. The lowest BCUT2D eigenvalue weighted by molar-refractivity contribution is -0.132. The van der Waals surface area contributed by atoms with Gasteiger partial charge in [0.2, 0.25) is 11.8 Å². The summed E-state index contributed by atoms with van der Waals surface area (Å²) in [5.74, 6) is 0.344. The minimum absolute atomic E-state index is 0.00486. The van der Waals surface area contributed by atoms with Crippen molar-refractivity contribution in [3.63, 3.8) is 0 Å². The summed E-state index contributed by atoms with van der Waals surface area (Å²) in [6, 6.07) is 7.83. The van der Waals surface area contributed by atoms with Crippen molar-refractivity contribution in [2.45, 2.75) is 32.6 Å². The van der Waals surface area contributed by atoms with Crippen LogP contribution < -0.4 is 5.32 Å². The summed E-state index contributed by atoms with van der Waals surface area (Å²) < 4.78 is 0. The molecule has 2 aliphatic rings. The topological polar surface area (TPSA) is 73.0 Å². The molecule has 0 unspecified atom stereocenters. The highest BCUT2D eigenvalue weighted by Crippen LogP contribution is 2.16. The number of nitrogens with one attached hydrogen (secondary N) is 1. The second-order valence-corrected chi connectivity index (χ2v) is 8.21. The van der Waals surface area contributed by atoms with Crippen molar-refractivity contribution in [1.82, 2.24) is 20.0 Å². The van der Waals surface area contributed by atoms with Crippen molar-refractivity contribution < 1.29 is 14.4 Å². The molecule has 158 valence electrons. The third kappa shape index (κ3) is 5.79. The zero-order valence-corrected chi connectivity index (χ0v) is 17.5. The molecule has 29 heavy (non-hydrogen) atoms. The standard InChI is InChI=1S/C22H32N4O3/c1-17(2)18-5-7-19(8-6-18)22(29)26-13-11-24(12-14-26)16-20(27)23-15-21(28)25-9-3-4-10-25/h5-8,17H,3-4,9-16H2,1-2H3,(H,23,27). The van der Waals surface area contributed by atoms with Crippen molar-refractivity contribution in [2.75, 3.05) is 52.4 Å². The molecule has 0 saturated carbocycles. The Hall–Kier alpha value is -2.41. The Morgan fingerprint density at radius 1 is 0.897 bits per heavy atom. The Morgan fingerprint density at radius 2 is 1.52 bits per heavy atom. The largest absolute Gasteiger partial charge is 0.346 e. The lowest BCUT2D eigenvalue weighted by atomic mass is 10.0. The van der Waals surface area contributed by atoms with Crippen LogP contribution in [0.15, 0.2) is 24.3 Å². The number of carbonyl (C=O) groups is 3. The van der Waals surface area contributed by atoms with Crippen molar-refractivity contribution >= 4 is 17.7 Å². The number of likely N-dealkylation sites (tertiary alicyclic amines) is 1. The smallest absolute Gasteiger partial charge is 0.253 e. The van der Waals surface area contributed by atoms with E-state index in [-0.39, 0.29) is 30.8 Å². The van der Waals surface area contributed by atoms with Crippen LogP contribution in [-0.2, 0) is 9.59 Å². The van der Waals surface area contributed by atoms with Gasteiger partial charge in [-0.25, -0.2) is 0 Å². The monoisotopic (exact) mass is 400 g/mol. The molecule has 0 aliphatic carbocycles. The molecule has 1 N–H and O–H groups in total. The summed E-state index contributed by atoms with van der Waals surface area (Å²) >= 11 is 0. The van der Waals surface area contributed by atoms with E-state index in [1.165, 1.54) is 5.56 Å². The van der Waals surface area contributed by atoms with Crippen molar-refractivity contribution in [3.8, 4) is 0 Å². The number of benzene rings is 1. The molecule has 1 aromatic rings. The van der Waals surface area contributed by atoms with Crippen LogP contribution in [0.4, 0.5) is 0 Å². The van der Waals surface area contributed by atoms with E-state index in [4.69, 9.17) is 0 Å². The van der Waals surface area contributed by atoms with Crippen LogP contribution >= 0.6 is 0 Å². The van der Waals surface area contributed by atoms with Crippen LogP contribution in [0.1, 0.15) is 48.5 Å². The van der Waals surface area contributed by atoms with Crippen LogP contribution in [0.5, 0.6) is 0 Å². The minimum Gasteiger partial charge on any atom is -0.346 e. The van der Waals surface area contributed by atoms with Gasteiger partial charge in [0.1, 0.15) is 0 Å². The fourth-order valence-corrected chi connectivity index (χ4v) is 3.81. The van der Waals surface area contributed by atoms with E-state index in [1.54, 1.807) is 4.90 Å². The fraction of sp³-hybridized carbons (Fsp3) is 0.591. The lowest BCUT2D eigenvalue weighted by Gasteiger charge is -2.34. The molecule has 2 saturated heterocycles. The highest BCUT2D eigenvalue weighted by molar-refractivity contribution is 5.94. The van der Waals surface area contributed by atoms with Crippen LogP contribution in [0.3, 0.4) is 0 Å². The van der Waals surface area contributed by atoms with E-state index in [2.05, 4.69) is 19.2 Å². The molecule has 0 atom stereocenters. The first-order valence-electron chi connectivity index (χ1n) is 10.6. The van der Waals surface area contributed by atoms with Gasteiger partial charge in [-0.1, -0.05) is 26.0 Å². The van der Waals surface area contributed by atoms with Crippen LogP contribution in [-0.4, -0.2) is 84.8 Å². The van der Waals surface area contributed by atoms with Crippen molar-refractivity contribution in [2.24, 2.45) is 0 Å². The molecule has 1 aromatic carbocycles. The fourth-order valence-electron chi connectivity index (χ4n) is 3.81. The van der Waals surface area contributed by atoms with Gasteiger partial charge in [-0.2, -0.15) is 0 Å². The van der Waals surface area contributed by atoms with Gasteiger partial charge in [0.25, 0.3) is 5.91 Å². The van der Waals surface area contributed by atoms with E-state index in [0.717, 1.165) is 25.9 Å². The van der Waals surface area contributed by atoms with Crippen molar-refractivity contribution in [3.05, 3.63) is 35.4 Å². The van der Waals surface area contributed by atoms with Gasteiger partial charge >= 0.3 is 0 Å². The first-order valence-corrected chi connectivity index (χ1v) is 10.6. The van der Waals surface area contributed by atoms with Crippen molar-refractivity contribution in [1.29, 1.82) is 0 Å². The maximum atomic E-state index is 12.7. The van der Waals surface area contributed by atoms with Gasteiger partial charge in [0, 0.05) is 44.8 Å². The van der Waals surface area contributed by atoms with Crippen LogP contribution in [0.2, 0.25) is 0 Å². The first-order chi connectivity index (χ1) is 13.9. The lowest BCUT2D eigenvalue weighted by Crippen LogP contribution is -2.51. The van der Waals surface area contributed by atoms with Gasteiger partial charge < -0.3 is 15.1 Å². The predicted molar refractivity (Wildman–Crippen MR) is 112 cm³/mol. The quantitative estimate of drug-likeness (QED) is 0.781. The molecule has 0 bridgehead atoms. The van der Waals surface area contributed by atoms with E-state index in [9.17, 15) is 14.4 Å². The average Bonchev–Trinajstić information content (AvgIpc) is 3.27. The van der Waals surface area contributed by atoms with Crippen LogP contribution in [0, 0.1) is 0 Å². The number of amides is 3. The maximum absolute atomic E-state index is 12.7. The molecule has 3 rings (SSSR count). The Kier molecular flexibility index (Phi) is 7.25. The molecule has 2 heterocycles. The van der Waals surface area contributed by atoms with Gasteiger partial charge in [0.05, 0.1) is 13.1 Å². The van der Waals surface area contributed by atoms with E-state index >= 15 is 0 Å². The Balaban J connectivity index is 1.39. The Morgan fingerprint density at radius 3 is 2.10 bits per heavy atom. The summed E-state index contributed by atoms with van der Waals surface area (Å²) in [6.45, 7) is 8.71. The number of rotatable bonds is 6. The molecule has 2 fully saturated rings. The molecule has 0 aromatic heterocycles. The highest BCUT2D eigenvalue weighted by atomic mass is 16.2. The summed E-state index contributed by atoms with van der Waals surface area (Å²) in [4.78, 5) is 42.5. The summed E-state index contributed by atoms with van der Waals surface area (Å²) in [5, 5.41) is 2.73. The zero-order chi connectivity index (χ0) is 20.8. The third-order valence-electron chi connectivity index (χ3n) is 5.75.